The number of rotatable bonds is 5. The lowest BCUT2D eigenvalue weighted by Crippen LogP contribution is -2.19. The van der Waals surface area contributed by atoms with Crippen molar-refractivity contribution in [2.75, 3.05) is 18.5 Å². The van der Waals surface area contributed by atoms with Crippen molar-refractivity contribution in [2.45, 2.75) is 45.4 Å². The van der Waals surface area contributed by atoms with Gasteiger partial charge in [-0.15, -0.1) is 0 Å². The maximum absolute atomic E-state index is 9.34. The topological polar surface area (TPSA) is 27.0 Å². The molecule has 0 aliphatic heterocycles. The number of allylic oxidation sites excluding steroid dienone is 1. The van der Waals surface area contributed by atoms with E-state index in [1.165, 1.54) is 43.4 Å². The standard InChI is InChI=1S/C19H26N2/c1-16-8-10-19(11-9-16)21(2)13-12-18(15-20)14-17-6-4-3-5-7-17/h8-11,14,17H,3-7,12-13H2,1-2H3. The van der Waals surface area contributed by atoms with Crippen molar-refractivity contribution < 1.29 is 0 Å². The Balaban J connectivity index is 1.88. The molecular formula is C19H26N2. The van der Waals surface area contributed by atoms with E-state index >= 15 is 0 Å². The molecule has 0 spiro atoms. The van der Waals surface area contributed by atoms with Crippen molar-refractivity contribution in [1.29, 1.82) is 5.26 Å². The number of hydrogen-bond donors (Lipinski definition) is 0. The molecule has 0 aromatic heterocycles. The lowest BCUT2D eigenvalue weighted by molar-refractivity contribution is 0.418. The zero-order valence-corrected chi connectivity index (χ0v) is 13.3. The van der Waals surface area contributed by atoms with E-state index in [0.29, 0.717) is 5.92 Å². The number of anilines is 1. The van der Waals surface area contributed by atoms with Crippen LogP contribution < -0.4 is 4.90 Å². The SMILES string of the molecule is Cc1ccc(N(C)CCC(C#N)=CC2CCCCC2)cc1. The Hall–Kier alpha value is -1.75. The van der Waals surface area contributed by atoms with Crippen LogP contribution in [-0.4, -0.2) is 13.6 Å². The molecule has 21 heavy (non-hydrogen) atoms. The highest BCUT2D eigenvalue weighted by Gasteiger charge is 2.12. The van der Waals surface area contributed by atoms with Gasteiger partial charge in [0.25, 0.3) is 0 Å². The number of benzene rings is 1. The molecule has 0 bridgehead atoms. The second-order valence-electron chi connectivity index (χ2n) is 6.21. The molecule has 0 saturated heterocycles. The first-order valence-corrected chi connectivity index (χ1v) is 8.07. The number of nitriles is 1. The second-order valence-corrected chi connectivity index (χ2v) is 6.21. The van der Waals surface area contributed by atoms with Gasteiger partial charge in [0.1, 0.15) is 0 Å². The molecule has 2 nitrogen and oxygen atoms in total. The van der Waals surface area contributed by atoms with Gasteiger partial charge in [-0.1, -0.05) is 43.0 Å². The maximum atomic E-state index is 9.34. The van der Waals surface area contributed by atoms with Gasteiger partial charge in [-0.2, -0.15) is 5.26 Å². The van der Waals surface area contributed by atoms with Crippen LogP contribution in [0.25, 0.3) is 0 Å². The lowest BCUT2D eigenvalue weighted by atomic mass is 9.87. The summed E-state index contributed by atoms with van der Waals surface area (Å²) in [7, 11) is 2.10. The minimum atomic E-state index is 0.637. The van der Waals surface area contributed by atoms with Crippen LogP contribution in [0.2, 0.25) is 0 Å². The van der Waals surface area contributed by atoms with Gasteiger partial charge in [0, 0.05) is 24.9 Å². The van der Waals surface area contributed by atoms with Gasteiger partial charge in [-0.05, 0) is 44.2 Å². The van der Waals surface area contributed by atoms with Gasteiger partial charge in [0.15, 0.2) is 0 Å². The fourth-order valence-corrected chi connectivity index (χ4v) is 2.98. The minimum Gasteiger partial charge on any atom is -0.374 e. The average molecular weight is 282 g/mol. The normalized spacial score (nSPS) is 16.5. The van der Waals surface area contributed by atoms with Crippen molar-refractivity contribution in [2.24, 2.45) is 5.92 Å². The molecule has 1 fully saturated rings. The van der Waals surface area contributed by atoms with Crippen LogP contribution in [0.15, 0.2) is 35.9 Å². The van der Waals surface area contributed by atoms with Crippen molar-refractivity contribution in [1.82, 2.24) is 0 Å². The summed E-state index contributed by atoms with van der Waals surface area (Å²) in [6.07, 6.45) is 9.62. The van der Waals surface area contributed by atoms with Crippen molar-refractivity contribution in [3.8, 4) is 6.07 Å². The van der Waals surface area contributed by atoms with E-state index < -0.39 is 0 Å². The van der Waals surface area contributed by atoms with Gasteiger partial charge in [-0.25, -0.2) is 0 Å². The van der Waals surface area contributed by atoms with Crippen LogP contribution in [0.5, 0.6) is 0 Å². The van der Waals surface area contributed by atoms with Crippen LogP contribution in [0.1, 0.15) is 44.1 Å². The van der Waals surface area contributed by atoms with Crippen LogP contribution in [0.3, 0.4) is 0 Å². The molecule has 0 unspecified atom stereocenters. The van der Waals surface area contributed by atoms with Gasteiger partial charge in [0.2, 0.25) is 0 Å². The predicted molar refractivity (Wildman–Crippen MR) is 89.3 cm³/mol. The zero-order valence-electron chi connectivity index (χ0n) is 13.3. The Bertz CT molecular complexity index is 501. The summed E-state index contributed by atoms with van der Waals surface area (Å²) in [5, 5.41) is 9.34. The fraction of sp³-hybridized carbons (Fsp3) is 0.526. The molecule has 1 aliphatic rings. The van der Waals surface area contributed by atoms with E-state index in [-0.39, 0.29) is 0 Å². The summed E-state index contributed by atoms with van der Waals surface area (Å²) in [6, 6.07) is 11.0. The average Bonchev–Trinajstić information content (AvgIpc) is 2.52. The van der Waals surface area contributed by atoms with Crippen LogP contribution in [-0.2, 0) is 0 Å². The minimum absolute atomic E-state index is 0.637. The number of nitrogens with zero attached hydrogens (tertiary/aromatic N) is 2. The highest BCUT2D eigenvalue weighted by atomic mass is 15.1. The van der Waals surface area contributed by atoms with E-state index in [1.54, 1.807) is 0 Å². The monoisotopic (exact) mass is 282 g/mol. The Kier molecular flexibility index (Phi) is 5.87. The Morgan fingerprint density at radius 3 is 2.52 bits per heavy atom. The Morgan fingerprint density at radius 1 is 1.24 bits per heavy atom. The molecule has 112 valence electrons. The van der Waals surface area contributed by atoms with Gasteiger partial charge >= 0.3 is 0 Å². The lowest BCUT2D eigenvalue weighted by Gasteiger charge is -2.21. The summed E-state index contributed by atoms with van der Waals surface area (Å²) in [6.45, 7) is 3.00. The molecule has 0 heterocycles. The third-order valence-corrected chi connectivity index (χ3v) is 4.42. The third-order valence-electron chi connectivity index (χ3n) is 4.42. The Labute approximate surface area is 129 Å². The molecule has 1 aromatic rings. The fourth-order valence-electron chi connectivity index (χ4n) is 2.98. The summed E-state index contributed by atoms with van der Waals surface area (Å²) in [4.78, 5) is 2.23. The molecule has 2 heteroatoms. The van der Waals surface area contributed by atoms with Gasteiger partial charge in [0.05, 0.1) is 6.07 Å². The van der Waals surface area contributed by atoms with Gasteiger partial charge in [-0.3, -0.25) is 0 Å². The van der Waals surface area contributed by atoms with Gasteiger partial charge < -0.3 is 4.90 Å². The van der Waals surface area contributed by atoms with Crippen molar-refractivity contribution in [3.63, 3.8) is 0 Å². The molecule has 1 aliphatic carbocycles. The largest absolute Gasteiger partial charge is 0.374 e. The van der Waals surface area contributed by atoms with Crippen LogP contribution in [0, 0.1) is 24.2 Å². The van der Waals surface area contributed by atoms with E-state index in [0.717, 1.165) is 18.5 Å². The summed E-state index contributed by atoms with van der Waals surface area (Å²) >= 11 is 0. The number of hydrogen-bond acceptors (Lipinski definition) is 2. The third kappa shape index (κ3) is 4.93. The van der Waals surface area contributed by atoms with Crippen molar-refractivity contribution in [3.05, 3.63) is 41.5 Å². The first kappa shape index (κ1) is 15.6. The first-order chi connectivity index (χ1) is 10.2. The van der Waals surface area contributed by atoms with E-state index in [9.17, 15) is 5.26 Å². The predicted octanol–water partition coefficient (Wildman–Crippen LogP) is 4.85. The van der Waals surface area contributed by atoms with Crippen LogP contribution in [0.4, 0.5) is 5.69 Å². The highest BCUT2D eigenvalue weighted by Crippen LogP contribution is 2.26. The van der Waals surface area contributed by atoms with E-state index in [4.69, 9.17) is 0 Å². The van der Waals surface area contributed by atoms with Crippen molar-refractivity contribution >= 4 is 5.69 Å². The van der Waals surface area contributed by atoms with E-state index in [2.05, 4.69) is 55.3 Å². The molecule has 1 saturated carbocycles. The molecule has 1 aromatic carbocycles. The summed E-state index contributed by atoms with van der Waals surface area (Å²) < 4.78 is 0. The smallest absolute Gasteiger partial charge is 0.0944 e. The Morgan fingerprint density at radius 2 is 1.90 bits per heavy atom. The first-order valence-electron chi connectivity index (χ1n) is 8.07. The molecular weight excluding hydrogens is 256 g/mol. The zero-order chi connectivity index (χ0) is 15.1. The second kappa shape index (κ2) is 7.88. The molecule has 2 rings (SSSR count). The number of aryl methyl sites for hydroxylation is 1. The van der Waals surface area contributed by atoms with Crippen LogP contribution >= 0.6 is 0 Å². The molecule has 0 amide bonds. The molecule has 0 N–H and O–H groups in total. The quantitative estimate of drug-likeness (QED) is 0.722. The molecule has 0 atom stereocenters. The van der Waals surface area contributed by atoms with E-state index in [1.807, 2.05) is 0 Å². The molecule has 0 radical (unpaired) electrons. The summed E-state index contributed by atoms with van der Waals surface area (Å²) in [5.74, 6) is 0.637. The summed E-state index contributed by atoms with van der Waals surface area (Å²) in [5.41, 5.74) is 3.46. The maximum Gasteiger partial charge on any atom is 0.0944 e. The highest BCUT2D eigenvalue weighted by molar-refractivity contribution is 5.46.